The molecule has 2 unspecified atom stereocenters. The average Bonchev–Trinajstić information content (AvgIpc) is 1.00. The van der Waals surface area contributed by atoms with E-state index in [2.05, 4.69) is 17.9 Å². The largest absolute Gasteiger partial charge is 0.147 e. The molecule has 0 aromatic heterocycles. The zero-order valence-electron chi connectivity index (χ0n) is 2.79. The summed E-state index contributed by atoms with van der Waals surface area (Å²) in [5.74, 6) is 0. The first-order chi connectivity index (χ1) is 1.00. The van der Waals surface area contributed by atoms with Crippen molar-refractivity contribution >= 4 is 67.5 Å². The Morgan fingerprint density at radius 1 is 0.500 bits per heavy atom. The Morgan fingerprint density at radius 3 is 0.500 bits per heavy atom. The molecule has 0 bridgehead atoms. The van der Waals surface area contributed by atoms with Crippen LogP contribution in [0.25, 0.3) is 0 Å². The fraction of sp³-hybridized carbons (Fsp3) is 0. The zero-order chi connectivity index (χ0) is 2.00. The Kier molecular flexibility index (Phi) is 450. The van der Waals surface area contributed by atoms with E-state index in [1.54, 1.807) is 0 Å². The van der Waals surface area contributed by atoms with Crippen molar-refractivity contribution < 1.29 is 0 Å². The highest BCUT2D eigenvalue weighted by molar-refractivity contribution is 7.92. The van der Waals surface area contributed by atoms with Gasteiger partial charge in [0.05, 0.1) is 0 Å². The molecule has 6 heteroatoms. The van der Waals surface area contributed by atoms with Crippen LogP contribution in [0.4, 0.5) is 0 Å². The van der Waals surface area contributed by atoms with Crippen molar-refractivity contribution in [2.24, 2.45) is 0 Å². The van der Waals surface area contributed by atoms with Crippen LogP contribution >= 0.6 is 67.5 Å². The number of hydrogen-bond donors (Lipinski definition) is 0. The Labute approximate surface area is 67.5 Å². The minimum absolute atomic E-state index is 0. The fourth-order valence-electron chi connectivity index (χ4n) is 0. The molecule has 0 rings (SSSR count). The van der Waals surface area contributed by atoms with Gasteiger partial charge in [-0.05, 0) is 0 Å². The summed E-state index contributed by atoms with van der Waals surface area (Å²) in [6.45, 7) is 0. The molecule has 0 aromatic rings. The van der Waals surface area contributed by atoms with Gasteiger partial charge >= 0.3 is 0 Å². The molecular weight excluding hydrogens is 204 g/mol. The molecule has 6 heavy (non-hydrogen) atoms. The van der Waals surface area contributed by atoms with Gasteiger partial charge in [0.1, 0.15) is 0 Å². The summed E-state index contributed by atoms with van der Waals surface area (Å²) in [5, 5.41) is 0. The first-order valence-corrected chi connectivity index (χ1v) is 3.00. The van der Waals surface area contributed by atoms with Crippen LogP contribution in [0.2, 0.25) is 0 Å². The molecule has 0 amide bonds. The molecule has 0 spiro atoms. The third kappa shape index (κ3) is 37.2. The van der Waals surface area contributed by atoms with E-state index in [0.717, 1.165) is 0 Å². The van der Waals surface area contributed by atoms with Crippen LogP contribution in [0.15, 0.2) is 0 Å². The second kappa shape index (κ2) is 62.3. The van der Waals surface area contributed by atoms with E-state index in [9.17, 15) is 0 Å². The molecule has 0 aliphatic carbocycles. The topological polar surface area (TPSA) is 0 Å². The normalized spacial score (nSPS) is 1.00. The van der Waals surface area contributed by atoms with Crippen LogP contribution in [0.1, 0.15) is 0 Å². The molecule has 46 valence electrons. The van der Waals surface area contributed by atoms with E-state index in [4.69, 9.17) is 0 Å². The SMILES string of the molecule is Cl.Cl.Cl.Cl.PP. The lowest BCUT2D eigenvalue weighted by Gasteiger charge is -1.12. The smallest absolute Gasteiger partial charge is 0.118 e. The van der Waals surface area contributed by atoms with Gasteiger partial charge in [-0.25, -0.2) is 0 Å². The van der Waals surface area contributed by atoms with Crippen molar-refractivity contribution in [2.45, 2.75) is 0 Å². The maximum atomic E-state index is 2.33. The standard InChI is InChI=1S/4ClH.H4P2/c;;;;1-2/h4*1H;1-2H2. The molecule has 2 atom stereocenters. The van der Waals surface area contributed by atoms with Crippen molar-refractivity contribution in [3.63, 3.8) is 0 Å². The predicted octanol–water partition coefficient (Wildman–Crippen LogP) is 2.34. The minimum atomic E-state index is 0. The first kappa shape index (κ1) is 43.3. The molecule has 0 radical (unpaired) electrons. The molecular formula is H8Cl4P2. The summed E-state index contributed by atoms with van der Waals surface area (Å²) in [4.78, 5) is 0. The van der Waals surface area contributed by atoms with Gasteiger partial charge in [-0.3, -0.25) is 0 Å². The Hall–Kier alpha value is 2.02. The number of hydrogen-bond acceptors (Lipinski definition) is 0. The predicted molar refractivity (Wildman–Crippen MR) is 48.4 cm³/mol. The van der Waals surface area contributed by atoms with Crippen LogP contribution in [0.5, 0.6) is 0 Å². The van der Waals surface area contributed by atoms with E-state index in [1.807, 2.05) is 0 Å². The van der Waals surface area contributed by atoms with E-state index < -0.39 is 0 Å². The van der Waals surface area contributed by atoms with E-state index in [-0.39, 0.29) is 49.6 Å². The van der Waals surface area contributed by atoms with Crippen molar-refractivity contribution in [2.75, 3.05) is 0 Å². The summed E-state index contributed by atoms with van der Waals surface area (Å²) in [6, 6.07) is 0. The van der Waals surface area contributed by atoms with Crippen molar-refractivity contribution in [3.8, 4) is 0 Å². The highest BCUT2D eigenvalue weighted by Crippen LogP contribution is 1.86. The second-order valence-electron chi connectivity index (χ2n) is 0. The minimum Gasteiger partial charge on any atom is -0.147 e. The van der Waals surface area contributed by atoms with Gasteiger partial charge in [0, 0.05) is 0 Å². The van der Waals surface area contributed by atoms with Crippen molar-refractivity contribution in [1.82, 2.24) is 0 Å². The summed E-state index contributed by atoms with van der Waals surface area (Å²) >= 11 is 0. The molecule has 0 aliphatic heterocycles. The van der Waals surface area contributed by atoms with Crippen LogP contribution in [0.3, 0.4) is 0 Å². The quantitative estimate of drug-likeness (QED) is 0.540. The highest BCUT2D eigenvalue weighted by Gasteiger charge is 0.882. The highest BCUT2D eigenvalue weighted by atomic mass is 35.5. The van der Waals surface area contributed by atoms with Gasteiger partial charge in [0.15, 0.2) is 0 Å². The van der Waals surface area contributed by atoms with Crippen LogP contribution in [-0.2, 0) is 0 Å². The van der Waals surface area contributed by atoms with Gasteiger partial charge < -0.3 is 0 Å². The summed E-state index contributed by atoms with van der Waals surface area (Å²) in [6.07, 6.45) is 0. The summed E-state index contributed by atoms with van der Waals surface area (Å²) in [7, 11) is 4.67. The van der Waals surface area contributed by atoms with E-state index >= 15 is 0 Å². The number of rotatable bonds is 0. The Morgan fingerprint density at radius 2 is 0.500 bits per heavy atom. The van der Waals surface area contributed by atoms with E-state index in [1.165, 1.54) is 0 Å². The zero-order valence-corrected chi connectivity index (χ0v) is 8.36. The maximum absolute atomic E-state index is 2.33. The molecule has 0 nitrogen and oxygen atoms in total. The first-order valence-electron chi connectivity index (χ1n) is 0.333. The van der Waals surface area contributed by atoms with Gasteiger partial charge in [0.2, 0.25) is 0 Å². The van der Waals surface area contributed by atoms with Crippen LogP contribution in [-0.4, -0.2) is 0 Å². The second-order valence-corrected chi connectivity index (χ2v) is 0. The van der Waals surface area contributed by atoms with E-state index in [0.29, 0.717) is 0 Å². The van der Waals surface area contributed by atoms with Crippen molar-refractivity contribution in [1.29, 1.82) is 0 Å². The van der Waals surface area contributed by atoms with Crippen LogP contribution in [0, 0.1) is 0 Å². The summed E-state index contributed by atoms with van der Waals surface area (Å²) < 4.78 is 0. The van der Waals surface area contributed by atoms with Gasteiger partial charge in [-0.2, -0.15) is 0 Å². The molecule has 0 N–H and O–H groups in total. The van der Waals surface area contributed by atoms with Gasteiger partial charge in [-0.1, -0.05) is 0 Å². The molecule has 0 saturated heterocycles. The molecule has 0 aromatic carbocycles. The fourth-order valence-corrected chi connectivity index (χ4v) is 0. The van der Waals surface area contributed by atoms with Gasteiger partial charge in [0.25, 0.3) is 0 Å². The maximum Gasteiger partial charge on any atom is -0.118 e. The average molecular weight is 212 g/mol. The molecule has 0 aliphatic rings. The summed E-state index contributed by atoms with van der Waals surface area (Å²) in [5.41, 5.74) is 0. The lowest BCUT2D eigenvalue weighted by Crippen LogP contribution is -0.139. The third-order valence-electron chi connectivity index (χ3n) is 0. The lowest BCUT2D eigenvalue weighted by atomic mass is 30.0. The third-order valence-corrected chi connectivity index (χ3v) is 0. The molecule has 0 fully saturated rings. The molecule has 0 saturated carbocycles. The number of halogens is 4. The van der Waals surface area contributed by atoms with Gasteiger partial charge in [-0.15, -0.1) is 67.5 Å². The Balaban J connectivity index is -0.000000000833. The Bertz CT molecular complexity index is 5.51. The monoisotopic (exact) mass is 210 g/mol. The van der Waals surface area contributed by atoms with Crippen molar-refractivity contribution in [3.05, 3.63) is 0 Å². The molecule has 0 heterocycles. The lowest BCUT2D eigenvalue weighted by molar-refractivity contribution is 5.85. The van der Waals surface area contributed by atoms with Crippen LogP contribution < -0.4 is 0 Å².